The van der Waals surface area contributed by atoms with Gasteiger partial charge in [-0.15, -0.1) is 11.3 Å². The summed E-state index contributed by atoms with van der Waals surface area (Å²) in [7, 11) is 0. The van der Waals surface area contributed by atoms with Crippen molar-refractivity contribution in [3.05, 3.63) is 173 Å². The molecule has 4 nitrogen and oxygen atoms in total. The summed E-state index contributed by atoms with van der Waals surface area (Å²) in [6.45, 7) is 30.6. The molecule has 0 saturated carbocycles. The minimum absolute atomic E-state index is 0.0164. The fourth-order valence-electron chi connectivity index (χ4n) is 11.3. The fourth-order valence-corrected chi connectivity index (χ4v) is 12.6. The van der Waals surface area contributed by atoms with Crippen LogP contribution in [0.2, 0.25) is 0 Å². The van der Waals surface area contributed by atoms with Crippen LogP contribution < -0.4 is 30.4 Å². The number of pyridine rings is 1. The highest BCUT2D eigenvalue weighted by molar-refractivity contribution is 7.33. The largest absolute Gasteiger partial charge is 0.311 e. The molecule has 6 heteroatoms. The van der Waals surface area contributed by atoms with Crippen LogP contribution in [0.4, 0.5) is 51.4 Å². The molecule has 0 bridgehead atoms. The molecule has 69 heavy (non-hydrogen) atoms. The average molecular weight is 923 g/mol. The third-order valence-electron chi connectivity index (χ3n) is 15.6. The molecule has 3 aliphatic rings. The van der Waals surface area contributed by atoms with E-state index in [0.29, 0.717) is 0 Å². The van der Waals surface area contributed by atoms with E-state index in [9.17, 15) is 0 Å². The standard InChI is InChI=1S/C63H67BN4S/c1-59(2,3)40-24-28-45(29-25-40)67-51-32-26-42(61(7,8)9)37-50(51)64-55-52(67)39-54(66(43-20-16-14-17-21-43)44-22-18-15-19-23-44)65-58(55)68(46-30-31-48-49(38-46)63(12,13)35-34-62(48,10)11)56-47-36-41(60(4,5)6)27-33-53(47)69-57(56)64/h14-33,36-39H,34-35H2,1-13H3. The predicted molar refractivity (Wildman–Crippen MR) is 300 cm³/mol. The Morgan fingerprint density at radius 2 is 1.09 bits per heavy atom. The zero-order valence-electron chi connectivity index (χ0n) is 43.0. The zero-order chi connectivity index (χ0) is 48.6. The minimum atomic E-state index is -0.0596. The van der Waals surface area contributed by atoms with E-state index in [0.717, 1.165) is 46.5 Å². The van der Waals surface area contributed by atoms with E-state index < -0.39 is 0 Å². The van der Waals surface area contributed by atoms with Crippen molar-refractivity contribution in [3.8, 4) is 0 Å². The number of para-hydroxylation sites is 2. The van der Waals surface area contributed by atoms with Crippen LogP contribution in [0.5, 0.6) is 0 Å². The molecule has 0 N–H and O–H groups in total. The van der Waals surface area contributed by atoms with Crippen molar-refractivity contribution in [3.63, 3.8) is 0 Å². The Balaban J connectivity index is 1.30. The lowest BCUT2D eigenvalue weighted by Gasteiger charge is -2.45. The van der Waals surface area contributed by atoms with E-state index in [2.05, 4.69) is 250 Å². The molecule has 2 aliphatic heterocycles. The number of hydrogen-bond donors (Lipinski definition) is 0. The van der Waals surface area contributed by atoms with Gasteiger partial charge in [-0.05, 0) is 145 Å². The Morgan fingerprint density at radius 3 is 1.70 bits per heavy atom. The fraction of sp³-hybridized carbons (Fsp3) is 0.317. The van der Waals surface area contributed by atoms with Crippen LogP contribution in [-0.4, -0.2) is 11.7 Å². The SMILES string of the molecule is CC(C)(C)c1ccc(N2c3ccc(C(C)(C)C)cc3B3c4sc5ccc(C(C)(C)C)cc5c4N(c4ccc5c(c4)C(C)(C)CCC5(C)C)c4nc(N(c5ccccc5)c5ccccc5)cc2c43)cc1. The molecule has 0 fully saturated rings. The van der Waals surface area contributed by atoms with E-state index in [4.69, 9.17) is 4.98 Å². The lowest BCUT2D eigenvalue weighted by Crippen LogP contribution is -2.61. The van der Waals surface area contributed by atoms with Gasteiger partial charge < -0.3 is 4.90 Å². The van der Waals surface area contributed by atoms with Crippen molar-refractivity contribution in [2.75, 3.05) is 14.7 Å². The van der Waals surface area contributed by atoms with Crippen LogP contribution in [0.3, 0.4) is 0 Å². The monoisotopic (exact) mass is 923 g/mol. The van der Waals surface area contributed by atoms with Crippen molar-refractivity contribution in [2.24, 2.45) is 0 Å². The molecule has 0 radical (unpaired) electrons. The van der Waals surface area contributed by atoms with Gasteiger partial charge in [0.25, 0.3) is 6.71 Å². The number of aromatic nitrogens is 1. The van der Waals surface area contributed by atoms with E-state index in [-0.39, 0.29) is 33.8 Å². The predicted octanol–water partition coefficient (Wildman–Crippen LogP) is 16.1. The van der Waals surface area contributed by atoms with Crippen LogP contribution in [0.1, 0.15) is 131 Å². The van der Waals surface area contributed by atoms with Gasteiger partial charge in [-0.25, -0.2) is 4.98 Å². The first-order valence-electron chi connectivity index (χ1n) is 25.1. The Hall–Kier alpha value is -6.11. The molecule has 348 valence electrons. The summed E-state index contributed by atoms with van der Waals surface area (Å²) < 4.78 is 2.67. The molecule has 0 amide bonds. The van der Waals surface area contributed by atoms with Crippen LogP contribution in [0.15, 0.2) is 146 Å². The molecular formula is C63H67BN4S. The van der Waals surface area contributed by atoms with Gasteiger partial charge in [-0.2, -0.15) is 0 Å². The van der Waals surface area contributed by atoms with Crippen LogP contribution >= 0.6 is 11.3 Å². The summed E-state index contributed by atoms with van der Waals surface area (Å²) in [4.78, 5) is 13.6. The third kappa shape index (κ3) is 7.51. The maximum absolute atomic E-state index is 6.10. The summed E-state index contributed by atoms with van der Waals surface area (Å²) >= 11 is 1.97. The van der Waals surface area contributed by atoms with Crippen LogP contribution in [-0.2, 0) is 27.1 Å². The summed E-state index contributed by atoms with van der Waals surface area (Å²) in [5.41, 5.74) is 17.5. The number of rotatable bonds is 5. The van der Waals surface area contributed by atoms with Crippen molar-refractivity contribution < 1.29 is 0 Å². The van der Waals surface area contributed by atoms with Gasteiger partial charge >= 0.3 is 0 Å². The van der Waals surface area contributed by atoms with Gasteiger partial charge in [0.1, 0.15) is 11.6 Å². The van der Waals surface area contributed by atoms with Gasteiger partial charge in [0.2, 0.25) is 0 Å². The minimum Gasteiger partial charge on any atom is -0.311 e. The van der Waals surface area contributed by atoms with E-state index in [1.807, 2.05) is 11.3 Å². The summed E-state index contributed by atoms with van der Waals surface area (Å²) in [5.74, 6) is 1.85. The number of thiophene rings is 1. The van der Waals surface area contributed by atoms with E-state index in [1.54, 1.807) is 0 Å². The Bertz CT molecular complexity index is 3250. The average Bonchev–Trinajstić information content (AvgIpc) is 3.69. The zero-order valence-corrected chi connectivity index (χ0v) is 43.9. The summed E-state index contributed by atoms with van der Waals surface area (Å²) in [5, 5.41) is 1.29. The van der Waals surface area contributed by atoms with Crippen molar-refractivity contribution in [1.29, 1.82) is 0 Å². The molecule has 0 atom stereocenters. The molecule has 4 heterocycles. The van der Waals surface area contributed by atoms with Crippen molar-refractivity contribution >= 4 is 95.3 Å². The molecule has 0 saturated heterocycles. The number of hydrogen-bond acceptors (Lipinski definition) is 5. The topological polar surface area (TPSA) is 22.6 Å². The van der Waals surface area contributed by atoms with E-state index in [1.165, 1.54) is 71.4 Å². The number of fused-ring (bicyclic) bond motifs is 7. The van der Waals surface area contributed by atoms with Gasteiger partial charge in [0, 0.05) is 55.1 Å². The lowest BCUT2D eigenvalue weighted by molar-refractivity contribution is 0.332. The smallest absolute Gasteiger partial charge is 0.266 e. The molecule has 1 aliphatic carbocycles. The molecule has 2 aromatic heterocycles. The van der Waals surface area contributed by atoms with Gasteiger partial charge in [0.05, 0.1) is 5.69 Å². The molecule has 6 aromatic carbocycles. The second kappa shape index (κ2) is 15.7. The summed E-state index contributed by atoms with van der Waals surface area (Å²) in [6.07, 6.45) is 2.31. The first-order valence-corrected chi connectivity index (χ1v) is 25.9. The second-order valence-corrected chi connectivity index (χ2v) is 25.5. The first-order chi connectivity index (χ1) is 32.6. The number of benzene rings is 6. The Labute approximate surface area is 416 Å². The van der Waals surface area contributed by atoms with E-state index >= 15 is 0 Å². The Morgan fingerprint density at radius 1 is 0.536 bits per heavy atom. The van der Waals surface area contributed by atoms with Crippen LogP contribution in [0, 0.1) is 0 Å². The van der Waals surface area contributed by atoms with Crippen LogP contribution in [0.25, 0.3) is 10.1 Å². The number of nitrogens with zero attached hydrogens (tertiary/aromatic N) is 4. The highest BCUT2D eigenvalue weighted by Crippen LogP contribution is 2.53. The molecule has 0 spiro atoms. The highest BCUT2D eigenvalue weighted by Gasteiger charge is 2.48. The number of anilines is 9. The van der Waals surface area contributed by atoms with Gasteiger partial charge in [-0.3, -0.25) is 9.80 Å². The highest BCUT2D eigenvalue weighted by atomic mass is 32.1. The third-order valence-corrected chi connectivity index (χ3v) is 16.8. The molecule has 11 rings (SSSR count). The maximum Gasteiger partial charge on any atom is 0.266 e. The van der Waals surface area contributed by atoms with Gasteiger partial charge in [-0.1, -0.05) is 163 Å². The van der Waals surface area contributed by atoms with Gasteiger partial charge in [0.15, 0.2) is 0 Å². The lowest BCUT2D eigenvalue weighted by atomic mass is 9.36. The first kappa shape index (κ1) is 45.3. The normalized spacial score (nSPS) is 15.9. The Kier molecular flexibility index (Phi) is 10.3. The molecular weight excluding hydrogens is 856 g/mol. The van der Waals surface area contributed by atoms with Crippen molar-refractivity contribution in [1.82, 2.24) is 4.98 Å². The summed E-state index contributed by atoms with van der Waals surface area (Å²) in [6, 6.07) is 55.3. The quantitative estimate of drug-likeness (QED) is 0.160. The molecule has 8 aromatic rings. The second-order valence-electron chi connectivity index (χ2n) is 24.4. The van der Waals surface area contributed by atoms with Crippen molar-refractivity contribution in [2.45, 2.75) is 130 Å². The molecule has 0 unspecified atom stereocenters. The maximum atomic E-state index is 6.10.